The smallest absolute Gasteiger partial charge is 0.748 e. The minimum absolute atomic E-state index is 0. The number of thiophene rings is 1. The molecule has 0 saturated carbocycles. The number of hydrogen-bond acceptors (Lipinski definition) is 6. The first-order valence-corrected chi connectivity index (χ1v) is 9.32. The van der Waals surface area contributed by atoms with E-state index in [4.69, 9.17) is 9.47 Å². The van der Waals surface area contributed by atoms with Crippen LogP contribution in [0.3, 0.4) is 0 Å². The molecular formula is C13H19LiO5S2. The first-order valence-electron chi connectivity index (χ1n) is 6.80. The minimum Gasteiger partial charge on any atom is -0.748 e. The summed E-state index contributed by atoms with van der Waals surface area (Å²) in [6, 6.07) is 0. The van der Waals surface area contributed by atoms with Gasteiger partial charge in [0.25, 0.3) is 0 Å². The van der Waals surface area contributed by atoms with Crippen molar-refractivity contribution in [3.63, 3.8) is 0 Å². The number of rotatable bonds is 7. The van der Waals surface area contributed by atoms with Crippen molar-refractivity contribution in [1.29, 1.82) is 0 Å². The van der Waals surface area contributed by atoms with E-state index in [1.165, 1.54) is 0 Å². The van der Waals surface area contributed by atoms with Crippen molar-refractivity contribution in [2.24, 2.45) is 5.92 Å². The molecular weight excluding hydrogens is 307 g/mol. The largest absolute Gasteiger partial charge is 1.00 e. The van der Waals surface area contributed by atoms with Crippen LogP contribution in [0.4, 0.5) is 0 Å². The van der Waals surface area contributed by atoms with E-state index >= 15 is 0 Å². The zero-order chi connectivity index (χ0) is 14.4. The van der Waals surface area contributed by atoms with Gasteiger partial charge in [-0.3, -0.25) is 0 Å². The Morgan fingerprint density at radius 1 is 1.10 bits per heavy atom. The molecule has 0 saturated heterocycles. The van der Waals surface area contributed by atoms with Gasteiger partial charge in [-0.05, 0) is 12.8 Å². The second-order valence-electron chi connectivity index (χ2n) is 5.05. The molecule has 0 radical (unpaired) electrons. The van der Waals surface area contributed by atoms with Gasteiger partial charge in [0.05, 0.1) is 23.3 Å². The van der Waals surface area contributed by atoms with E-state index in [0.29, 0.717) is 25.6 Å². The molecule has 0 amide bonds. The van der Waals surface area contributed by atoms with Crippen molar-refractivity contribution in [3.05, 3.63) is 10.8 Å². The Hall–Kier alpha value is -0.193. The van der Waals surface area contributed by atoms with Crippen LogP contribution in [-0.4, -0.2) is 31.9 Å². The van der Waals surface area contributed by atoms with E-state index in [-0.39, 0.29) is 24.6 Å². The standard InChI is InChI=1S/C13H20O5S2.Li/c14-20(15,16)6-4-2-1-3-5-11-7-17-12-9-19-10-13(12)18-8-11;/h9-11H,1-8H2,(H,14,15,16);/q;+1/p-1. The molecule has 1 aliphatic rings. The van der Waals surface area contributed by atoms with Gasteiger partial charge in [0.15, 0.2) is 11.5 Å². The van der Waals surface area contributed by atoms with E-state index in [2.05, 4.69) is 0 Å². The number of fused-ring (bicyclic) bond motifs is 1. The summed E-state index contributed by atoms with van der Waals surface area (Å²) in [5.41, 5.74) is 0. The quantitative estimate of drug-likeness (QED) is 0.388. The summed E-state index contributed by atoms with van der Waals surface area (Å²) < 4.78 is 42.7. The summed E-state index contributed by atoms with van der Waals surface area (Å²) >= 11 is 1.57. The molecule has 0 N–H and O–H groups in total. The van der Waals surface area contributed by atoms with Crippen LogP contribution in [0.2, 0.25) is 0 Å². The molecule has 1 aromatic heterocycles. The molecule has 114 valence electrons. The summed E-state index contributed by atoms with van der Waals surface area (Å²) in [4.78, 5) is 0. The van der Waals surface area contributed by atoms with Crippen LogP contribution >= 0.6 is 11.3 Å². The van der Waals surface area contributed by atoms with E-state index < -0.39 is 10.1 Å². The maximum atomic E-state index is 10.4. The average molecular weight is 326 g/mol. The third-order valence-electron chi connectivity index (χ3n) is 3.30. The second-order valence-corrected chi connectivity index (χ2v) is 7.32. The predicted octanol–water partition coefficient (Wildman–Crippen LogP) is -0.365. The minimum atomic E-state index is -4.05. The van der Waals surface area contributed by atoms with Crippen LogP contribution in [0.1, 0.15) is 32.1 Å². The molecule has 1 aliphatic heterocycles. The van der Waals surface area contributed by atoms with Crippen LogP contribution in [0, 0.1) is 5.92 Å². The van der Waals surface area contributed by atoms with Gasteiger partial charge >= 0.3 is 18.9 Å². The number of ether oxygens (including phenoxy) is 2. The Morgan fingerprint density at radius 2 is 1.67 bits per heavy atom. The number of unbranched alkanes of at least 4 members (excludes halogenated alkanes) is 3. The van der Waals surface area contributed by atoms with Crippen LogP contribution in [-0.2, 0) is 10.1 Å². The SMILES string of the molecule is O=S(=O)([O-])CCCCCCC1COc2cscc2OC1.[Li+]. The molecule has 0 fully saturated rings. The normalized spacial score (nSPS) is 15.3. The van der Waals surface area contributed by atoms with Crippen molar-refractivity contribution in [2.45, 2.75) is 32.1 Å². The van der Waals surface area contributed by atoms with E-state index in [9.17, 15) is 13.0 Å². The van der Waals surface area contributed by atoms with Crippen LogP contribution in [0.5, 0.6) is 11.5 Å². The second kappa shape index (κ2) is 9.06. The molecule has 5 nitrogen and oxygen atoms in total. The van der Waals surface area contributed by atoms with Gasteiger partial charge in [0, 0.05) is 22.4 Å². The van der Waals surface area contributed by atoms with Gasteiger partial charge in [0.1, 0.15) is 0 Å². The molecule has 0 bridgehead atoms. The van der Waals surface area contributed by atoms with Gasteiger partial charge in [-0.15, -0.1) is 11.3 Å². The van der Waals surface area contributed by atoms with E-state index in [1.807, 2.05) is 10.8 Å². The van der Waals surface area contributed by atoms with Gasteiger partial charge in [0.2, 0.25) is 0 Å². The first kappa shape index (κ1) is 18.9. The van der Waals surface area contributed by atoms with Gasteiger partial charge < -0.3 is 14.0 Å². The molecule has 0 aromatic carbocycles. The summed E-state index contributed by atoms with van der Waals surface area (Å²) in [5, 5.41) is 3.89. The van der Waals surface area contributed by atoms with Crippen LogP contribution in [0.15, 0.2) is 10.8 Å². The van der Waals surface area contributed by atoms with Crippen molar-refractivity contribution >= 4 is 21.5 Å². The van der Waals surface area contributed by atoms with Crippen molar-refractivity contribution < 1.29 is 41.3 Å². The average Bonchev–Trinajstić information content (AvgIpc) is 2.74. The van der Waals surface area contributed by atoms with Crippen molar-refractivity contribution in [3.8, 4) is 11.5 Å². The summed E-state index contributed by atoms with van der Waals surface area (Å²) in [5.74, 6) is 1.79. The van der Waals surface area contributed by atoms with E-state index in [1.54, 1.807) is 11.3 Å². The maximum absolute atomic E-state index is 10.4. The Labute approximate surface area is 142 Å². The molecule has 2 heterocycles. The van der Waals surface area contributed by atoms with Crippen molar-refractivity contribution in [2.75, 3.05) is 19.0 Å². The Morgan fingerprint density at radius 3 is 2.24 bits per heavy atom. The summed E-state index contributed by atoms with van der Waals surface area (Å²) in [7, 11) is -4.05. The Balaban J connectivity index is 0.00000220. The molecule has 2 rings (SSSR count). The molecule has 21 heavy (non-hydrogen) atoms. The zero-order valence-corrected chi connectivity index (χ0v) is 13.9. The first-order chi connectivity index (χ1) is 9.54. The fourth-order valence-electron chi connectivity index (χ4n) is 2.18. The molecule has 0 spiro atoms. The van der Waals surface area contributed by atoms with Gasteiger partial charge in [-0.25, -0.2) is 8.42 Å². The van der Waals surface area contributed by atoms with Crippen LogP contribution in [0.25, 0.3) is 0 Å². The zero-order valence-electron chi connectivity index (χ0n) is 12.2. The molecule has 0 aliphatic carbocycles. The third-order valence-corrected chi connectivity index (χ3v) is 4.79. The third kappa shape index (κ3) is 7.07. The van der Waals surface area contributed by atoms with Gasteiger partial charge in [-0.1, -0.05) is 19.3 Å². The molecule has 0 atom stereocenters. The summed E-state index contributed by atoms with van der Waals surface area (Å²) in [6.07, 6.45) is 4.18. The summed E-state index contributed by atoms with van der Waals surface area (Å²) in [6.45, 7) is 1.33. The maximum Gasteiger partial charge on any atom is 1.00 e. The fourth-order valence-corrected chi connectivity index (χ4v) is 3.42. The molecule has 0 unspecified atom stereocenters. The van der Waals surface area contributed by atoms with Gasteiger partial charge in [-0.2, -0.15) is 0 Å². The molecule has 1 aromatic rings. The topological polar surface area (TPSA) is 75.7 Å². The molecule has 8 heteroatoms. The predicted molar refractivity (Wildman–Crippen MR) is 76.4 cm³/mol. The van der Waals surface area contributed by atoms with E-state index in [0.717, 1.165) is 37.2 Å². The Bertz CT molecular complexity index is 492. The number of hydrogen-bond donors (Lipinski definition) is 0. The van der Waals surface area contributed by atoms with Crippen LogP contribution < -0.4 is 28.3 Å². The fraction of sp³-hybridized carbons (Fsp3) is 0.692. The Kier molecular flexibility index (Phi) is 8.14. The van der Waals surface area contributed by atoms with Crippen molar-refractivity contribution in [1.82, 2.24) is 0 Å². The monoisotopic (exact) mass is 326 g/mol.